The topological polar surface area (TPSA) is 84.7 Å². The number of carbonyl (C=O) groups excluding carboxylic acids is 2. The molecule has 0 atom stereocenters. The summed E-state index contributed by atoms with van der Waals surface area (Å²) < 4.78 is 10.2. The van der Waals surface area contributed by atoms with Gasteiger partial charge < -0.3 is 14.6 Å². The van der Waals surface area contributed by atoms with Gasteiger partial charge in [-0.3, -0.25) is 9.69 Å². The summed E-state index contributed by atoms with van der Waals surface area (Å²) in [7, 11) is 0. The van der Waals surface area contributed by atoms with Gasteiger partial charge in [-0.05, 0) is 37.3 Å². The minimum atomic E-state index is -0.346. The molecule has 1 saturated heterocycles. The number of rotatable bonds is 4. The number of amides is 2. The Kier molecular flexibility index (Phi) is 5.92. The number of cyclic esters (lactones) is 1. The summed E-state index contributed by atoms with van der Waals surface area (Å²) in [6.07, 6.45) is -0.346. The number of carbonyl (C=O) groups is 2. The van der Waals surface area contributed by atoms with Gasteiger partial charge in [0, 0.05) is 16.8 Å². The van der Waals surface area contributed by atoms with Crippen molar-refractivity contribution < 1.29 is 18.8 Å². The van der Waals surface area contributed by atoms with Gasteiger partial charge in [0.2, 0.25) is 0 Å². The highest BCUT2D eigenvalue weighted by Gasteiger charge is 2.23. The van der Waals surface area contributed by atoms with Crippen molar-refractivity contribution in [2.45, 2.75) is 6.92 Å². The molecule has 1 N–H and O–H groups in total. The first kappa shape index (κ1) is 20.5. The predicted octanol–water partition coefficient (Wildman–Crippen LogP) is 4.04. The Hall–Kier alpha value is -3.76. The second-order valence-electron chi connectivity index (χ2n) is 6.74. The Morgan fingerprint density at radius 2 is 2.00 bits per heavy atom. The van der Waals surface area contributed by atoms with Crippen LogP contribution in [0.25, 0.3) is 11.3 Å². The minimum Gasteiger partial charge on any atom is -0.447 e. The highest BCUT2D eigenvalue weighted by Crippen LogP contribution is 2.30. The van der Waals surface area contributed by atoms with Crippen LogP contribution in [0.4, 0.5) is 10.5 Å². The van der Waals surface area contributed by atoms with E-state index in [9.17, 15) is 9.59 Å². The van der Waals surface area contributed by atoms with Gasteiger partial charge in [-0.25, -0.2) is 4.79 Å². The molecule has 0 bridgehead atoms. The van der Waals surface area contributed by atoms with Crippen LogP contribution < -0.4 is 10.2 Å². The number of nitrogens with zero attached hydrogens (tertiary/aromatic N) is 2. The van der Waals surface area contributed by atoms with E-state index in [0.29, 0.717) is 40.8 Å². The summed E-state index contributed by atoms with van der Waals surface area (Å²) in [4.78, 5) is 25.9. The van der Waals surface area contributed by atoms with Gasteiger partial charge in [-0.2, -0.15) is 0 Å². The molecule has 2 heterocycles. The molecular formula is C23H18ClN3O4. The molecule has 31 heavy (non-hydrogen) atoms. The molecule has 0 radical (unpaired) electrons. The molecule has 7 nitrogen and oxygen atoms in total. The van der Waals surface area contributed by atoms with E-state index in [1.54, 1.807) is 30.0 Å². The molecule has 3 aromatic rings. The first-order valence-electron chi connectivity index (χ1n) is 9.57. The van der Waals surface area contributed by atoms with Gasteiger partial charge in [-0.15, -0.1) is 0 Å². The van der Waals surface area contributed by atoms with Gasteiger partial charge in [0.1, 0.15) is 23.6 Å². The lowest BCUT2D eigenvalue weighted by atomic mass is 10.1. The van der Waals surface area contributed by atoms with E-state index in [1.807, 2.05) is 30.3 Å². The van der Waals surface area contributed by atoms with Crippen molar-refractivity contribution >= 4 is 29.3 Å². The maximum Gasteiger partial charge on any atom is 0.414 e. The zero-order valence-electron chi connectivity index (χ0n) is 16.6. The van der Waals surface area contributed by atoms with Gasteiger partial charge in [0.25, 0.3) is 5.91 Å². The second-order valence-corrected chi connectivity index (χ2v) is 7.15. The van der Waals surface area contributed by atoms with E-state index in [0.717, 1.165) is 11.3 Å². The third-order valence-electron chi connectivity index (χ3n) is 4.73. The standard InChI is InChI=1S/C23H18ClN3O4/c1-15-20(21(26-31-15)18-6-2-3-7-19(18)24)22(28)25-12-4-5-16-8-10-17(11-9-16)27-13-14-30-23(27)29/h2-3,6-11H,12-14H2,1H3,(H,25,28). The average molecular weight is 436 g/mol. The minimum absolute atomic E-state index is 0.144. The van der Waals surface area contributed by atoms with Gasteiger partial charge in [0.15, 0.2) is 0 Å². The Labute approximate surface area is 183 Å². The van der Waals surface area contributed by atoms with E-state index in [1.165, 1.54) is 0 Å². The number of benzene rings is 2. The van der Waals surface area contributed by atoms with Crippen LogP contribution in [0.1, 0.15) is 21.7 Å². The van der Waals surface area contributed by atoms with Crippen molar-refractivity contribution in [3.05, 3.63) is 70.4 Å². The number of aryl methyl sites for hydroxylation is 1. The molecule has 156 valence electrons. The van der Waals surface area contributed by atoms with Crippen LogP contribution in [0.15, 0.2) is 53.1 Å². The molecule has 1 aromatic heterocycles. The summed E-state index contributed by atoms with van der Waals surface area (Å²) in [6, 6.07) is 14.4. The van der Waals surface area contributed by atoms with Crippen LogP contribution in [-0.4, -0.2) is 36.9 Å². The lowest BCUT2D eigenvalue weighted by Crippen LogP contribution is -2.24. The van der Waals surface area contributed by atoms with Crippen LogP contribution >= 0.6 is 11.6 Å². The summed E-state index contributed by atoms with van der Waals surface area (Å²) in [6.45, 7) is 2.75. The van der Waals surface area contributed by atoms with Crippen LogP contribution in [-0.2, 0) is 4.74 Å². The monoisotopic (exact) mass is 435 g/mol. The molecule has 8 heteroatoms. The van der Waals surface area contributed by atoms with E-state index < -0.39 is 0 Å². The number of anilines is 1. The number of halogens is 1. The van der Waals surface area contributed by atoms with Crippen LogP contribution in [0.5, 0.6) is 0 Å². The van der Waals surface area contributed by atoms with Gasteiger partial charge >= 0.3 is 6.09 Å². The maximum absolute atomic E-state index is 12.7. The zero-order valence-corrected chi connectivity index (χ0v) is 17.4. The van der Waals surface area contributed by atoms with Crippen molar-refractivity contribution in [3.63, 3.8) is 0 Å². The molecule has 1 fully saturated rings. The van der Waals surface area contributed by atoms with E-state index in [4.69, 9.17) is 20.9 Å². The van der Waals surface area contributed by atoms with Crippen molar-refractivity contribution in [1.82, 2.24) is 10.5 Å². The summed E-state index contributed by atoms with van der Waals surface area (Å²) in [5.41, 5.74) is 2.88. The summed E-state index contributed by atoms with van der Waals surface area (Å²) in [5.74, 6) is 5.96. The normalized spacial score (nSPS) is 12.8. The quantitative estimate of drug-likeness (QED) is 0.625. The number of nitrogens with one attached hydrogen (secondary N) is 1. The maximum atomic E-state index is 12.7. The van der Waals surface area contributed by atoms with Crippen molar-refractivity contribution in [3.8, 4) is 23.1 Å². The molecule has 1 aliphatic heterocycles. The van der Waals surface area contributed by atoms with Gasteiger partial charge in [-0.1, -0.05) is 46.8 Å². The van der Waals surface area contributed by atoms with Crippen LogP contribution in [0, 0.1) is 18.8 Å². The largest absolute Gasteiger partial charge is 0.447 e. The van der Waals surface area contributed by atoms with Crippen LogP contribution in [0.3, 0.4) is 0 Å². The molecule has 0 aliphatic carbocycles. The third kappa shape index (κ3) is 4.39. The molecule has 0 spiro atoms. The number of hydrogen-bond acceptors (Lipinski definition) is 5. The predicted molar refractivity (Wildman–Crippen MR) is 116 cm³/mol. The summed E-state index contributed by atoms with van der Waals surface area (Å²) in [5, 5.41) is 7.24. The number of aromatic nitrogens is 1. The van der Waals surface area contributed by atoms with Gasteiger partial charge in [0.05, 0.1) is 18.1 Å². The van der Waals surface area contributed by atoms with E-state index in [-0.39, 0.29) is 18.5 Å². The molecular weight excluding hydrogens is 418 g/mol. The Morgan fingerprint density at radius 3 is 2.71 bits per heavy atom. The lowest BCUT2D eigenvalue weighted by molar-refractivity contribution is 0.0957. The Morgan fingerprint density at radius 1 is 1.23 bits per heavy atom. The molecule has 2 amide bonds. The van der Waals surface area contributed by atoms with E-state index in [2.05, 4.69) is 22.3 Å². The Balaban J connectivity index is 1.41. The highest BCUT2D eigenvalue weighted by atomic mass is 35.5. The average Bonchev–Trinajstić information content (AvgIpc) is 3.37. The molecule has 0 saturated carbocycles. The van der Waals surface area contributed by atoms with Crippen molar-refractivity contribution in [2.24, 2.45) is 0 Å². The number of ether oxygens (including phenoxy) is 1. The fraction of sp³-hybridized carbons (Fsp3) is 0.174. The third-order valence-corrected chi connectivity index (χ3v) is 5.06. The first-order chi connectivity index (χ1) is 15.0. The Bertz CT molecular complexity index is 1190. The first-order valence-corrected chi connectivity index (χ1v) is 9.95. The lowest BCUT2D eigenvalue weighted by Gasteiger charge is -2.11. The van der Waals surface area contributed by atoms with Crippen molar-refractivity contribution in [1.29, 1.82) is 0 Å². The number of hydrogen-bond donors (Lipinski definition) is 1. The molecule has 1 aliphatic rings. The second kappa shape index (κ2) is 8.94. The molecule has 2 aromatic carbocycles. The molecule has 4 rings (SSSR count). The van der Waals surface area contributed by atoms with Crippen LogP contribution in [0.2, 0.25) is 5.02 Å². The smallest absolute Gasteiger partial charge is 0.414 e. The SMILES string of the molecule is Cc1onc(-c2ccccc2Cl)c1C(=O)NCC#Cc1ccc(N2CCOC2=O)cc1. The van der Waals surface area contributed by atoms with Crippen molar-refractivity contribution in [2.75, 3.05) is 24.6 Å². The fourth-order valence-electron chi connectivity index (χ4n) is 3.19. The zero-order chi connectivity index (χ0) is 21.8. The highest BCUT2D eigenvalue weighted by molar-refractivity contribution is 6.33. The van der Waals surface area contributed by atoms with E-state index >= 15 is 0 Å². The summed E-state index contributed by atoms with van der Waals surface area (Å²) >= 11 is 6.24. The molecule has 0 unspecified atom stereocenters. The fourth-order valence-corrected chi connectivity index (χ4v) is 3.41.